The van der Waals surface area contributed by atoms with Crippen molar-refractivity contribution in [1.82, 2.24) is 5.32 Å². The topological polar surface area (TPSA) is 21.3 Å². The van der Waals surface area contributed by atoms with Crippen LogP contribution in [0.5, 0.6) is 5.75 Å². The molecule has 0 fully saturated rings. The molecule has 2 rings (SSSR count). The van der Waals surface area contributed by atoms with Crippen molar-refractivity contribution in [1.29, 1.82) is 0 Å². The maximum atomic E-state index is 5.43. The van der Waals surface area contributed by atoms with Crippen LogP contribution in [0.15, 0.2) is 53.4 Å². The highest BCUT2D eigenvalue weighted by molar-refractivity contribution is 7.98. The van der Waals surface area contributed by atoms with Crippen LogP contribution < -0.4 is 10.1 Å². The minimum Gasteiger partial charge on any atom is -0.496 e. The van der Waals surface area contributed by atoms with E-state index in [1.54, 1.807) is 18.9 Å². The van der Waals surface area contributed by atoms with Gasteiger partial charge < -0.3 is 10.1 Å². The van der Waals surface area contributed by atoms with Gasteiger partial charge in [0.1, 0.15) is 5.75 Å². The number of ether oxygens (including phenoxy) is 1. The van der Waals surface area contributed by atoms with E-state index >= 15 is 0 Å². The lowest BCUT2D eigenvalue weighted by Gasteiger charge is -2.18. The molecule has 20 heavy (non-hydrogen) atoms. The quantitative estimate of drug-likeness (QED) is 0.814. The van der Waals surface area contributed by atoms with Crippen molar-refractivity contribution in [3.63, 3.8) is 0 Å². The van der Waals surface area contributed by atoms with Gasteiger partial charge in [0.15, 0.2) is 0 Å². The Morgan fingerprint density at radius 2 is 1.80 bits per heavy atom. The molecule has 0 aliphatic rings. The van der Waals surface area contributed by atoms with Crippen LogP contribution in [0.1, 0.15) is 17.2 Å². The molecule has 2 aromatic carbocycles. The third-order valence-electron chi connectivity index (χ3n) is 3.48. The molecule has 0 bridgehead atoms. The monoisotopic (exact) mass is 287 g/mol. The number of thioether (sulfide) groups is 1. The molecule has 0 aliphatic heterocycles. The van der Waals surface area contributed by atoms with E-state index in [2.05, 4.69) is 48.0 Å². The average Bonchev–Trinajstić information content (AvgIpc) is 2.53. The van der Waals surface area contributed by atoms with Crippen LogP contribution in [0.4, 0.5) is 0 Å². The van der Waals surface area contributed by atoms with E-state index in [0.29, 0.717) is 6.04 Å². The van der Waals surface area contributed by atoms with E-state index in [-0.39, 0.29) is 0 Å². The smallest absolute Gasteiger partial charge is 0.122 e. The highest BCUT2D eigenvalue weighted by Gasteiger charge is 2.12. The zero-order valence-electron chi connectivity index (χ0n) is 12.2. The van der Waals surface area contributed by atoms with Crippen molar-refractivity contribution in [2.75, 3.05) is 20.4 Å². The second kappa shape index (κ2) is 7.36. The van der Waals surface area contributed by atoms with Crippen molar-refractivity contribution in [3.05, 3.63) is 59.7 Å². The fourth-order valence-electron chi connectivity index (χ4n) is 2.31. The van der Waals surface area contributed by atoms with Crippen molar-refractivity contribution in [2.24, 2.45) is 0 Å². The molecule has 1 unspecified atom stereocenters. The summed E-state index contributed by atoms with van der Waals surface area (Å²) in [5.41, 5.74) is 2.53. The summed E-state index contributed by atoms with van der Waals surface area (Å²) in [6.45, 7) is 0. The molecule has 2 nitrogen and oxygen atoms in total. The highest BCUT2D eigenvalue weighted by atomic mass is 32.2. The number of hydrogen-bond acceptors (Lipinski definition) is 3. The van der Waals surface area contributed by atoms with Gasteiger partial charge in [-0.1, -0.05) is 30.3 Å². The van der Waals surface area contributed by atoms with Crippen molar-refractivity contribution >= 4 is 11.8 Å². The highest BCUT2D eigenvalue weighted by Crippen LogP contribution is 2.26. The summed E-state index contributed by atoms with van der Waals surface area (Å²) in [4.78, 5) is 1.29. The van der Waals surface area contributed by atoms with E-state index < -0.39 is 0 Å². The average molecular weight is 287 g/mol. The van der Waals surface area contributed by atoms with E-state index in [4.69, 9.17) is 4.74 Å². The van der Waals surface area contributed by atoms with Crippen LogP contribution in [-0.4, -0.2) is 20.4 Å². The third kappa shape index (κ3) is 3.56. The van der Waals surface area contributed by atoms with E-state index in [9.17, 15) is 0 Å². The fourth-order valence-corrected chi connectivity index (χ4v) is 2.72. The summed E-state index contributed by atoms with van der Waals surface area (Å²) < 4.78 is 5.43. The lowest BCUT2D eigenvalue weighted by atomic mass is 9.98. The van der Waals surface area contributed by atoms with Gasteiger partial charge in [0, 0.05) is 10.9 Å². The standard InChI is InChI=1S/C17H21NOS/c1-18-16(13-8-10-15(20-3)11-9-13)12-14-6-4-5-7-17(14)19-2/h4-11,16,18H,12H2,1-3H3. The van der Waals surface area contributed by atoms with Gasteiger partial charge in [0.25, 0.3) is 0 Å². The molecule has 106 valence electrons. The van der Waals surface area contributed by atoms with E-state index in [1.807, 2.05) is 19.2 Å². The number of rotatable bonds is 6. The number of hydrogen-bond donors (Lipinski definition) is 1. The first kappa shape index (κ1) is 14.9. The Morgan fingerprint density at radius 1 is 1.10 bits per heavy atom. The molecular formula is C17H21NOS. The predicted molar refractivity (Wildman–Crippen MR) is 86.7 cm³/mol. The second-order valence-corrected chi connectivity index (χ2v) is 5.51. The van der Waals surface area contributed by atoms with Gasteiger partial charge in [0.2, 0.25) is 0 Å². The molecule has 0 aromatic heterocycles. The predicted octanol–water partition coefficient (Wildman–Crippen LogP) is 3.92. The van der Waals surface area contributed by atoms with Crippen LogP contribution in [-0.2, 0) is 6.42 Å². The third-order valence-corrected chi connectivity index (χ3v) is 4.23. The van der Waals surface area contributed by atoms with Crippen molar-refractivity contribution in [2.45, 2.75) is 17.4 Å². The lowest BCUT2D eigenvalue weighted by molar-refractivity contribution is 0.406. The molecule has 1 atom stereocenters. The first-order valence-electron chi connectivity index (χ1n) is 6.71. The molecule has 1 N–H and O–H groups in total. The lowest BCUT2D eigenvalue weighted by Crippen LogP contribution is -2.19. The number of methoxy groups -OCH3 is 1. The van der Waals surface area contributed by atoms with Gasteiger partial charge in [-0.2, -0.15) is 0 Å². The Balaban J connectivity index is 2.19. The number of nitrogens with one attached hydrogen (secondary N) is 1. The van der Waals surface area contributed by atoms with Crippen molar-refractivity contribution < 1.29 is 4.74 Å². The van der Waals surface area contributed by atoms with Crippen molar-refractivity contribution in [3.8, 4) is 5.75 Å². The second-order valence-electron chi connectivity index (χ2n) is 4.63. The minimum absolute atomic E-state index is 0.294. The number of benzene rings is 2. The van der Waals surface area contributed by atoms with Gasteiger partial charge in [-0.3, -0.25) is 0 Å². The Hall–Kier alpha value is -1.45. The Bertz CT molecular complexity index is 539. The fraction of sp³-hybridized carbons (Fsp3) is 0.294. The normalized spacial score (nSPS) is 12.2. The maximum absolute atomic E-state index is 5.43. The molecule has 0 saturated carbocycles. The molecule has 0 saturated heterocycles. The first-order valence-corrected chi connectivity index (χ1v) is 7.94. The van der Waals surface area contributed by atoms with Gasteiger partial charge in [-0.05, 0) is 49.1 Å². The molecule has 0 heterocycles. The number of para-hydroxylation sites is 1. The van der Waals surface area contributed by atoms with Crippen LogP contribution in [0.3, 0.4) is 0 Å². The Kier molecular flexibility index (Phi) is 5.50. The molecular weight excluding hydrogens is 266 g/mol. The summed E-state index contributed by atoms with van der Waals surface area (Å²) >= 11 is 1.77. The van der Waals surface area contributed by atoms with Crippen LogP contribution >= 0.6 is 11.8 Å². The summed E-state index contributed by atoms with van der Waals surface area (Å²) in [6, 6.07) is 17.2. The van der Waals surface area contributed by atoms with Crippen LogP contribution in [0.2, 0.25) is 0 Å². The van der Waals surface area contributed by atoms with E-state index in [0.717, 1.165) is 12.2 Å². The Labute approximate surface area is 125 Å². The molecule has 0 amide bonds. The van der Waals surface area contributed by atoms with Gasteiger partial charge >= 0.3 is 0 Å². The summed E-state index contributed by atoms with van der Waals surface area (Å²) in [7, 11) is 3.73. The summed E-state index contributed by atoms with van der Waals surface area (Å²) in [5.74, 6) is 0.952. The molecule has 0 aliphatic carbocycles. The maximum Gasteiger partial charge on any atom is 0.122 e. The zero-order valence-corrected chi connectivity index (χ0v) is 13.0. The molecule has 0 radical (unpaired) electrons. The van der Waals surface area contributed by atoms with Gasteiger partial charge in [-0.15, -0.1) is 11.8 Å². The van der Waals surface area contributed by atoms with Crippen LogP contribution in [0, 0.1) is 0 Å². The SMILES string of the molecule is CNC(Cc1ccccc1OC)c1ccc(SC)cc1. The van der Waals surface area contributed by atoms with Gasteiger partial charge in [-0.25, -0.2) is 0 Å². The first-order chi connectivity index (χ1) is 9.78. The molecule has 3 heteroatoms. The van der Waals surface area contributed by atoms with Crippen LogP contribution in [0.25, 0.3) is 0 Å². The van der Waals surface area contributed by atoms with E-state index in [1.165, 1.54) is 16.0 Å². The summed E-state index contributed by atoms with van der Waals surface area (Å²) in [6.07, 6.45) is 3.01. The number of likely N-dealkylation sites (N-methyl/N-ethyl adjacent to an activating group) is 1. The van der Waals surface area contributed by atoms with Gasteiger partial charge in [0.05, 0.1) is 7.11 Å². The molecule has 2 aromatic rings. The molecule has 0 spiro atoms. The Morgan fingerprint density at radius 3 is 2.40 bits per heavy atom. The summed E-state index contributed by atoms with van der Waals surface area (Å²) in [5, 5.41) is 3.39. The zero-order chi connectivity index (χ0) is 14.4. The minimum atomic E-state index is 0.294. The largest absolute Gasteiger partial charge is 0.496 e.